The van der Waals surface area contributed by atoms with E-state index in [2.05, 4.69) is 0 Å². The van der Waals surface area contributed by atoms with Crippen molar-refractivity contribution < 1.29 is 19.8 Å². The minimum absolute atomic E-state index is 0. The van der Waals surface area contributed by atoms with Crippen molar-refractivity contribution in [1.82, 2.24) is 0 Å². The van der Waals surface area contributed by atoms with Crippen LogP contribution in [0.15, 0.2) is 0 Å². The molecule has 1 atom stereocenters. The molecule has 0 aliphatic rings. The quantitative estimate of drug-likeness (QED) is 0.449. The van der Waals surface area contributed by atoms with Crippen molar-refractivity contribution in [2.45, 2.75) is 11.8 Å². The average Bonchev–Trinajstić information content (AvgIpc) is 1.63. The molecule has 0 aromatic heterocycles. The normalized spacial score (nSPS) is 11.3. The van der Waals surface area contributed by atoms with Gasteiger partial charge in [-0.15, -0.1) is 11.6 Å². The van der Waals surface area contributed by atoms with Gasteiger partial charge in [0.2, 0.25) is 0 Å². The van der Waals surface area contributed by atoms with E-state index in [9.17, 15) is 9.59 Å². The number of carboxylic acid groups (broad SMARTS) is 2. The van der Waals surface area contributed by atoms with Crippen LogP contribution in [0.3, 0.4) is 0 Å². The predicted molar refractivity (Wildman–Crippen MR) is 36.7 cm³/mol. The average molecular weight is 177 g/mol. The van der Waals surface area contributed by atoms with E-state index in [0.717, 1.165) is 0 Å². The molecule has 0 aromatic rings. The fourth-order valence-corrected chi connectivity index (χ4v) is 0.373. The van der Waals surface area contributed by atoms with E-state index in [4.69, 9.17) is 21.8 Å². The number of hydrogen-bond donors (Lipinski definition) is 2. The summed E-state index contributed by atoms with van der Waals surface area (Å²) in [6.45, 7) is 0. The first kappa shape index (κ1) is 12.9. The van der Waals surface area contributed by atoms with Crippen LogP contribution in [0.5, 0.6) is 0 Å². The standard InChI is InChI=1S/C4H5ClO4.Na.H/c5-2(4(8)9)1-3(6)7;;/h2H,1H2,(H,6,7)(H,8,9);;. The van der Waals surface area contributed by atoms with Crippen molar-refractivity contribution in [2.75, 3.05) is 0 Å². The molecule has 2 N–H and O–H groups in total. The zero-order valence-electron chi connectivity index (χ0n) is 4.37. The van der Waals surface area contributed by atoms with Crippen LogP contribution in [0.1, 0.15) is 6.42 Å². The third-order valence-corrected chi connectivity index (χ3v) is 0.963. The number of alkyl halides is 1. The summed E-state index contributed by atoms with van der Waals surface area (Å²) < 4.78 is 0. The molecule has 54 valence electrons. The van der Waals surface area contributed by atoms with Crippen molar-refractivity contribution >= 4 is 53.1 Å². The number of carbonyl (C=O) groups is 2. The van der Waals surface area contributed by atoms with E-state index < -0.39 is 23.7 Å². The van der Waals surface area contributed by atoms with Crippen molar-refractivity contribution in [3.8, 4) is 0 Å². The van der Waals surface area contributed by atoms with Gasteiger partial charge in [-0.3, -0.25) is 9.59 Å². The Morgan fingerprint density at radius 3 is 1.90 bits per heavy atom. The van der Waals surface area contributed by atoms with Gasteiger partial charge in [0.15, 0.2) is 0 Å². The molecule has 0 aromatic carbocycles. The number of aliphatic carboxylic acids is 2. The van der Waals surface area contributed by atoms with Crippen molar-refractivity contribution in [3.63, 3.8) is 0 Å². The second-order valence-corrected chi connectivity index (χ2v) is 1.93. The third kappa shape index (κ3) is 6.35. The summed E-state index contributed by atoms with van der Waals surface area (Å²) in [5.74, 6) is -2.52. The molecule has 0 rings (SSSR count). The molecule has 0 heterocycles. The van der Waals surface area contributed by atoms with E-state index in [-0.39, 0.29) is 29.6 Å². The Morgan fingerprint density at radius 1 is 1.40 bits per heavy atom. The first-order valence-electron chi connectivity index (χ1n) is 2.12. The van der Waals surface area contributed by atoms with Gasteiger partial charge in [-0.2, -0.15) is 0 Å². The predicted octanol–water partition coefficient (Wildman–Crippen LogP) is -0.495. The van der Waals surface area contributed by atoms with Crippen LogP contribution in [0.2, 0.25) is 0 Å². The molecule has 0 fully saturated rings. The molecule has 0 aliphatic heterocycles. The Bertz CT molecular complexity index is 137. The minimum atomic E-state index is -1.32. The van der Waals surface area contributed by atoms with Gasteiger partial charge in [0, 0.05) is 0 Å². The van der Waals surface area contributed by atoms with E-state index in [1.165, 1.54) is 0 Å². The van der Waals surface area contributed by atoms with Gasteiger partial charge in [0.1, 0.15) is 5.38 Å². The summed E-state index contributed by atoms with van der Waals surface area (Å²) in [7, 11) is 0. The molecule has 1 unspecified atom stereocenters. The summed E-state index contributed by atoms with van der Waals surface area (Å²) in [4.78, 5) is 19.6. The van der Waals surface area contributed by atoms with E-state index in [1.807, 2.05) is 0 Å². The van der Waals surface area contributed by atoms with Gasteiger partial charge in [-0.25, -0.2) is 0 Å². The van der Waals surface area contributed by atoms with Crippen molar-refractivity contribution in [3.05, 3.63) is 0 Å². The molecular weight excluding hydrogens is 170 g/mol. The molecule has 0 radical (unpaired) electrons. The second kappa shape index (κ2) is 5.97. The van der Waals surface area contributed by atoms with E-state index in [1.54, 1.807) is 0 Å². The maximum atomic E-state index is 9.84. The first-order valence-corrected chi connectivity index (χ1v) is 2.56. The van der Waals surface area contributed by atoms with Crippen LogP contribution in [0.25, 0.3) is 0 Å². The summed E-state index contributed by atoms with van der Waals surface area (Å²) in [6, 6.07) is 0. The number of halogens is 1. The van der Waals surface area contributed by atoms with Crippen LogP contribution < -0.4 is 0 Å². The van der Waals surface area contributed by atoms with Gasteiger partial charge in [-0.05, 0) is 0 Å². The molecule has 0 saturated carbocycles. The zero-order chi connectivity index (χ0) is 7.44. The second-order valence-electron chi connectivity index (χ2n) is 1.40. The first-order chi connectivity index (χ1) is 4.04. The Morgan fingerprint density at radius 2 is 1.80 bits per heavy atom. The molecule has 6 heteroatoms. The molecular formula is C4H6ClNaO4. The van der Waals surface area contributed by atoms with Crippen LogP contribution in [-0.4, -0.2) is 57.1 Å². The molecule has 0 spiro atoms. The Kier molecular flexibility index (Phi) is 7.69. The number of carboxylic acids is 2. The zero-order valence-corrected chi connectivity index (χ0v) is 5.13. The van der Waals surface area contributed by atoms with Gasteiger partial charge in [0.05, 0.1) is 6.42 Å². The number of rotatable bonds is 3. The third-order valence-electron chi connectivity index (χ3n) is 0.622. The van der Waals surface area contributed by atoms with Crippen LogP contribution in [-0.2, 0) is 9.59 Å². The van der Waals surface area contributed by atoms with Crippen LogP contribution in [0.4, 0.5) is 0 Å². The molecule has 0 saturated heterocycles. The van der Waals surface area contributed by atoms with Crippen molar-refractivity contribution in [1.29, 1.82) is 0 Å². The van der Waals surface area contributed by atoms with Crippen molar-refractivity contribution in [2.24, 2.45) is 0 Å². The summed E-state index contributed by atoms with van der Waals surface area (Å²) >= 11 is 5.03. The fraction of sp³-hybridized carbons (Fsp3) is 0.500. The van der Waals surface area contributed by atoms with Gasteiger partial charge >= 0.3 is 41.5 Å². The Hall–Kier alpha value is 0.230. The van der Waals surface area contributed by atoms with E-state index in [0.29, 0.717) is 0 Å². The maximum absolute atomic E-state index is 9.84. The van der Waals surface area contributed by atoms with Gasteiger partial charge < -0.3 is 10.2 Å². The summed E-state index contributed by atoms with van der Waals surface area (Å²) in [5.41, 5.74) is 0. The molecule has 4 nitrogen and oxygen atoms in total. The topological polar surface area (TPSA) is 74.6 Å². The molecule has 10 heavy (non-hydrogen) atoms. The fourth-order valence-electron chi connectivity index (χ4n) is 0.241. The van der Waals surface area contributed by atoms with E-state index >= 15 is 0 Å². The van der Waals surface area contributed by atoms with Gasteiger partial charge in [-0.1, -0.05) is 0 Å². The monoisotopic (exact) mass is 176 g/mol. The SMILES string of the molecule is O=C(O)CC(Cl)C(=O)O.[NaH]. The molecule has 0 aliphatic carbocycles. The number of hydrogen-bond acceptors (Lipinski definition) is 2. The van der Waals surface area contributed by atoms with Gasteiger partial charge in [0.25, 0.3) is 0 Å². The Labute approximate surface area is 84.5 Å². The summed E-state index contributed by atoms with van der Waals surface area (Å²) in [5, 5.41) is 14.7. The molecule has 0 bridgehead atoms. The summed E-state index contributed by atoms with van der Waals surface area (Å²) in [6.07, 6.45) is -0.545. The van der Waals surface area contributed by atoms with Crippen LogP contribution in [0, 0.1) is 0 Å². The molecule has 0 amide bonds. The Balaban J connectivity index is 0. The van der Waals surface area contributed by atoms with Crippen LogP contribution >= 0.6 is 11.6 Å².